The van der Waals surface area contributed by atoms with Crippen molar-refractivity contribution in [1.29, 1.82) is 0 Å². The summed E-state index contributed by atoms with van der Waals surface area (Å²) < 4.78 is 2.11. The zero-order chi connectivity index (χ0) is 18.6. The normalized spacial score (nSPS) is 11.7. The maximum absolute atomic E-state index is 11.1. The second-order valence-electron chi connectivity index (χ2n) is 5.71. The molecular formula is C20H25N3O2. The quantitative estimate of drug-likeness (QED) is 0.762. The standard InChI is InChI=1S/C18H19N3O2.C2H6/c1-11-15(10-16(19)18(22)23)14-5-3-4-13(17(14)21(11)2)12-6-8-20-9-7-12;1-2/h3-9,16H,10,19H2,1-2H3,(H,22,23);1-2H3. The molecule has 0 amide bonds. The largest absolute Gasteiger partial charge is 0.480 e. The molecule has 0 aliphatic rings. The average Bonchev–Trinajstić information content (AvgIpc) is 2.89. The Bertz CT molecular complexity index is 870. The number of nitrogens with two attached hydrogens (primary N) is 1. The van der Waals surface area contributed by atoms with E-state index < -0.39 is 12.0 Å². The van der Waals surface area contributed by atoms with Crippen molar-refractivity contribution in [3.63, 3.8) is 0 Å². The number of hydrogen-bond acceptors (Lipinski definition) is 3. The highest BCUT2D eigenvalue weighted by Gasteiger charge is 2.20. The maximum Gasteiger partial charge on any atom is 0.320 e. The van der Waals surface area contributed by atoms with Crippen molar-refractivity contribution in [2.45, 2.75) is 33.2 Å². The minimum Gasteiger partial charge on any atom is -0.480 e. The summed E-state index contributed by atoms with van der Waals surface area (Å²) in [6.45, 7) is 6.00. The number of para-hydroxylation sites is 1. The van der Waals surface area contributed by atoms with Crippen LogP contribution >= 0.6 is 0 Å². The summed E-state index contributed by atoms with van der Waals surface area (Å²) in [6, 6.07) is 9.13. The van der Waals surface area contributed by atoms with Crippen LogP contribution in [0.2, 0.25) is 0 Å². The average molecular weight is 339 g/mol. The fourth-order valence-electron chi connectivity index (χ4n) is 3.04. The van der Waals surface area contributed by atoms with Gasteiger partial charge in [0.25, 0.3) is 0 Å². The van der Waals surface area contributed by atoms with Crippen LogP contribution in [0.3, 0.4) is 0 Å². The Labute approximate surface area is 148 Å². The van der Waals surface area contributed by atoms with Crippen LogP contribution in [0.4, 0.5) is 0 Å². The first-order chi connectivity index (χ1) is 12.0. The Kier molecular flexibility index (Phi) is 5.93. The molecule has 1 aromatic carbocycles. The molecule has 0 fully saturated rings. The molecular weight excluding hydrogens is 314 g/mol. The van der Waals surface area contributed by atoms with Crippen LogP contribution in [0.5, 0.6) is 0 Å². The van der Waals surface area contributed by atoms with Gasteiger partial charge in [-0.1, -0.05) is 32.0 Å². The van der Waals surface area contributed by atoms with Crippen molar-refractivity contribution in [2.75, 3.05) is 0 Å². The summed E-state index contributed by atoms with van der Waals surface area (Å²) >= 11 is 0. The maximum atomic E-state index is 11.1. The van der Waals surface area contributed by atoms with Crippen LogP contribution < -0.4 is 5.73 Å². The SMILES string of the molecule is CC.Cc1c(CC(N)C(=O)O)c2cccc(-c3ccncc3)c2n1C. The van der Waals surface area contributed by atoms with E-state index in [0.29, 0.717) is 6.42 Å². The van der Waals surface area contributed by atoms with Gasteiger partial charge in [0.1, 0.15) is 6.04 Å². The molecule has 3 N–H and O–H groups in total. The van der Waals surface area contributed by atoms with Gasteiger partial charge in [0, 0.05) is 42.5 Å². The first kappa shape index (κ1) is 18.7. The second kappa shape index (κ2) is 7.94. The van der Waals surface area contributed by atoms with Crippen molar-refractivity contribution >= 4 is 16.9 Å². The van der Waals surface area contributed by atoms with Crippen molar-refractivity contribution < 1.29 is 9.90 Å². The molecule has 5 nitrogen and oxygen atoms in total. The van der Waals surface area contributed by atoms with E-state index in [1.54, 1.807) is 12.4 Å². The predicted octanol–water partition coefficient (Wildman–Crippen LogP) is 3.53. The number of hydrogen-bond donors (Lipinski definition) is 2. The third-order valence-corrected chi connectivity index (χ3v) is 4.37. The molecule has 0 spiro atoms. The van der Waals surface area contributed by atoms with Crippen molar-refractivity contribution in [3.05, 3.63) is 54.0 Å². The van der Waals surface area contributed by atoms with E-state index in [1.807, 2.05) is 52.1 Å². The lowest BCUT2D eigenvalue weighted by Gasteiger charge is -2.07. The minimum atomic E-state index is -0.980. The summed E-state index contributed by atoms with van der Waals surface area (Å²) in [7, 11) is 2.00. The lowest BCUT2D eigenvalue weighted by atomic mass is 9.99. The Morgan fingerprint density at radius 2 is 1.88 bits per heavy atom. The fraction of sp³-hybridized carbons (Fsp3) is 0.300. The highest BCUT2D eigenvalue weighted by molar-refractivity contribution is 5.97. The van der Waals surface area contributed by atoms with Gasteiger partial charge in [-0.3, -0.25) is 9.78 Å². The molecule has 2 aromatic heterocycles. The van der Waals surface area contributed by atoms with Crippen LogP contribution in [0.1, 0.15) is 25.1 Å². The van der Waals surface area contributed by atoms with E-state index in [-0.39, 0.29) is 0 Å². The number of aryl methyl sites for hydroxylation is 1. The lowest BCUT2D eigenvalue weighted by Crippen LogP contribution is -2.32. The van der Waals surface area contributed by atoms with Crippen LogP contribution in [-0.2, 0) is 18.3 Å². The molecule has 132 valence electrons. The van der Waals surface area contributed by atoms with Gasteiger partial charge in [0.15, 0.2) is 0 Å². The van der Waals surface area contributed by atoms with E-state index in [4.69, 9.17) is 10.8 Å². The third kappa shape index (κ3) is 3.56. The molecule has 5 heteroatoms. The van der Waals surface area contributed by atoms with Crippen molar-refractivity contribution in [3.8, 4) is 11.1 Å². The summed E-state index contributed by atoms with van der Waals surface area (Å²) in [6.07, 6.45) is 3.86. The molecule has 2 heterocycles. The number of aliphatic carboxylic acids is 1. The summed E-state index contributed by atoms with van der Waals surface area (Å²) in [5.74, 6) is -0.980. The van der Waals surface area contributed by atoms with E-state index in [9.17, 15) is 4.79 Å². The van der Waals surface area contributed by atoms with E-state index in [1.165, 1.54) is 0 Å². The van der Waals surface area contributed by atoms with Crippen LogP contribution in [0, 0.1) is 6.92 Å². The van der Waals surface area contributed by atoms with E-state index >= 15 is 0 Å². The number of carbonyl (C=O) groups is 1. The van der Waals surface area contributed by atoms with E-state index in [0.717, 1.165) is 33.3 Å². The molecule has 1 atom stereocenters. The molecule has 3 rings (SSSR count). The number of fused-ring (bicyclic) bond motifs is 1. The van der Waals surface area contributed by atoms with Crippen LogP contribution in [-0.4, -0.2) is 26.7 Å². The molecule has 0 aliphatic heterocycles. The summed E-state index contributed by atoms with van der Waals surface area (Å²) in [5, 5.41) is 10.2. The highest BCUT2D eigenvalue weighted by atomic mass is 16.4. The highest BCUT2D eigenvalue weighted by Crippen LogP contribution is 2.33. The van der Waals surface area contributed by atoms with Gasteiger partial charge >= 0.3 is 5.97 Å². The number of carboxylic acid groups (broad SMARTS) is 1. The molecule has 0 bridgehead atoms. The van der Waals surface area contributed by atoms with Gasteiger partial charge in [-0.05, 0) is 30.2 Å². The monoisotopic (exact) mass is 339 g/mol. The summed E-state index contributed by atoms with van der Waals surface area (Å²) in [5.41, 5.74) is 11.1. The number of benzene rings is 1. The van der Waals surface area contributed by atoms with Crippen LogP contribution in [0.25, 0.3) is 22.0 Å². The number of carboxylic acids is 1. The van der Waals surface area contributed by atoms with Crippen molar-refractivity contribution in [1.82, 2.24) is 9.55 Å². The van der Waals surface area contributed by atoms with Gasteiger partial charge in [-0.15, -0.1) is 0 Å². The molecule has 0 saturated carbocycles. The van der Waals surface area contributed by atoms with E-state index in [2.05, 4.69) is 15.6 Å². The molecule has 25 heavy (non-hydrogen) atoms. The smallest absolute Gasteiger partial charge is 0.320 e. The molecule has 1 unspecified atom stereocenters. The first-order valence-electron chi connectivity index (χ1n) is 8.46. The predicted molar refractivity (Wildman–Crippen MR) is 102 cm³/mol. The number of aromatic nitrogens is 2. The number of nitrogens with zero attached hydrogens (tertiary/aromatic N) is 2. The minimum absolute atomic E-state index is 0.318. The topological polar surface area (TPSA) is 81.1 Å². The Morgan fingerprint density at radius 1 is 1.24 bits per heavy atom. The number of rotatable bonds is 4. The van der Waals surface area contributed by atoms with Gasteiger partial charge in [0.2, 0.25) is 0 Å². The Balaban J connectivity index is 0.00000109. The lowest BCUT2D eigenvalue weighted by molar-refractivity contribution is -0.138. The Hall–Kier alpha value is -2.66. The molecule has 3 aromatic rings. The molecule has 0 aliphatic carbocycles. The van der Waals surface area contributed by atoms with Gasteiger partial charge < -0.3 is 15.4 Å². The van der Waals surface area contributed by atoms with Crippen molar-refractivity contribution in [2.24, 2.45) is 12.8 Å². The zero-order valence-electron chi connectivity index (χ0n) is 15.2. The van der Waals surface area contributed by atoms with Gasteiger partial charge in [-0.2, -0.15) is 0 Å². The van der Waals surface area contributed by atoms with Gasteiger partial charge in [0.05, 0.1) is 5.52 Å². The second-order valence-corrected chi connectivity index (χ2v) is 5.71. The third-order valence-electron chi connectivity index (χ3n) is 4.37. The first-order valence-corrected chi connectivity index (χ1v) is 8.46. The molecule has 0 saturated heterocycles. The van der Waals surface area contributed by atoms with Crippen LogP contribution in [0.15, 0.2) is 42.7 Å². The Morgan fingerprint density at radius 3 is 2.48 bits per heavy atom. The summed E-state index contributed by atoms with van der Waals surface area (Å²) in [4.78, 5) is 15.2. The molecule has 0 radical (unpaired) electrons. The fourth-order valence-corrected chi connectivity index (χ4v) is 3.04. The van der Waals surface area contributed by atoms with Gasteiger partial charge in [-0.25, -0.2) is 0 Å². The zero-order valence-corrected chi connectivity index (χ0v) is 15.2. The number of pyridine rings is 1.